The van der Waals surface area contributed by atoms with E-state index in [9.17, 15) is 9.59 Å². The number of rotatable bonds is 7. The second-order valence-corrected chi connectivity index (χ2v) is 7.03. The lowest BCUT2D eigenvalue weighted by molar-refractivity contribution is -0.131. The summed E-state index contributed by atoms with van der Waals surface area (Å²) in [6.07, 6.45) is 6.33. The monoisotopic (exact) mass is 393 g/mol. The molecule has 0 unspecified atom stereocenters. The van der Waals surface area contributed by atoms with Crippen LogP contribution in [0.25, 0.3) is 0 Å². The van der Waals surface area contributed by atoms with Crippen molar-refractivity contribution in [2.24, 2.45) is 11.8 Å². The van der Waals surface area contributed by atoms with Crippen LogP contribution in [0.2, 0.25) is 0 Å². The fourth-order valence-corrected chi connectivity index (χ4v) is 3.77. The molecule has 1 aromatic carbocycles. The molecule has 4 atom stereocenters. The molecule has 7 heteroatoms. The highest BCUT2D eigenvalue weighted by molar-refractivity contribution is 5.97. The van der Waals surface area contributed by atoms with Crippen molar-refractivity contribution in [1.29, 1.82) is 0 Å². The number of hydrogen-bond acceptors (Lipinski definition) is 5. The van der Waals surface area contributed by atoms with Crippen molar-refractivity contribution in [2.75, 3.05) is 11.9 Å². The van der Waals surface area contributed by atoms with Crippen LogP contribution in [0.5, 0.6) is 5.75 Å². The van der Waals surface area contributed by atoms with E-state index in [0.717, 1.165) is 11.3 Å². The number of benzene rings is 1. The van der Waals surface area contributed by atoms with Gasteiger partial charge in [0.2, 0.25) is 11.8 Å². The molecule has 1 saturated heterocycles. The molecular formula is C22H23N3O4. The van der Waals surface area contributed by atoms with Gasteiger partial charge in [0.15, 0.2) is 0 Å². The second kappa shape index (κ2) is 8.45. The van der Waals surface area contributed by atoms with Crippen molar-refractivity contribution in [1.82, 2.24) is 10.3 Å². The van der Waals surface area contributed by atoms with E-state index in [0.29, 0.717) is 18.8 Å². The summed E-state index contributed by atoms with van der Waals surface area (Å²) >= 11 is 0. The van der Waals surface area contributed by atoms with Gasteiger partial charge in [0.1, 0.15) is 5.75 Å². The fourth-order valence-electron chi connectivity index (χ4n) is 3.77. The Kier molecular flexibility index (Phi) is 5.57. The summed E-state index contributed by atoms with van der Waals surface area (Å²) in [6.45, 7) is 2.85. The fraction of sp³-hybridized carbons (Fsp3) is 0.318. The van der Waals surface area contributed by atoms with Gasteiger partial charge in [-0.15, -0.1) is 0 Å². The maximum absolute atomic E-state index is 13.0. The van der Waals surface area contributed by atoms with Crippen LogP contribution in [0, 0.1) is 11.8 Å². The van der Waals surface area contributed by atoms with Crippen LogP contribution in [0.1, 0.15) is 12.5 Å². The van der Waals surface area contributed by atoms with Crippen molar-refractivity contribution in [3.8, 4) is 5.75 Å². The Bertz CT molecular complexity index is 898. The Labute approximate surface area is 169 Å². The molecule has 2 amide bonds. The minimum absolute atomic E-state index is 0.197. The van der Waals surface area contributed by atoms with E-state index >= 15 is 0 Å². The summed E-state index contributed by atoms with van der Waals surface area (Å²) in [6, 6.07) is 10.9. The van der Waals surface area contributed by atoms with Gasteiger partial charge in [0, 0.05) is 24.6 Å². The SMILES string of the molecule is CCOc1ccc(NC(=O)[C@H]2[C@H](C(=O)NCc3cccnc3)[C@@H]3C=C[C@H]2O3)cc1. The molecule has 2 aliphatic rings. The predicted molar refractivity (Wildman–Crippen MR) is 107 cm³/mol. The van der Waals surface area contributed by atoms with Gasteiger partial charge in [-0.2, -0.15) is 0 Å². The number of hydrogen-bond donors (Lipinski definition) is 2. The molecule has 0 aliphatic carbocycles. The number of anilines is 1. The van der Waals surface area contributed by atoms with E-state index in [-0.39, 0.29) is 17.9 Å². The summed E-state index contributed by atoms with van der Waals surface area (Å²) in [7, 11) is 0. The normalized spacial score (nSPS) is 24.3. The number of ether oxygens (including phenoxy) is 2. The van der Waals surface area contributed by atoms with Crippen molar-refractivity contribution in [2.45, 2.75) is 25.7 Å². The third kappa shape index (κ3) is 4.14. The topological polar surface area (TPSA) is 89.5 Å². The van der Waals surface area contributed by atoms with Crippen LogP contribution in [0.15, 0.2) is 60.9 Å². The lowest BCUT2D eigenvalue weighted by Gasteiger charge is -2.23. The van der Waals surface area contributed by atoms with Crippen molar-refractivity contribution in [3.05, 3.63) is 66.5 Å². The highest BCUT2D eigenvalue weighted by atomic mass is 16.5. The first-order valence-electron chi connectivity index (χ1n) is 9.70. The number of nitrogens with one attached hydrogen (secondary N) is 2. The minimum atomic E-state index is -0.578. The van der Waals surface area contributed by atoms with Crippen LogP contribution in [0.3, 0.4) is 0 Å². The molecule has 0 spiro atoms. The molecule has 7 nitrogen and oxygen atoms in total. The van der Waals surface area contributed by atoms with Crippen molar-refractivity contribution in [3.63, 3.8) is 0 Å². The molecule has 2 bridgehead atoms. The second-order valence-electron chi connectivity index (χ2n) is 7.03. The third-order valence-corrected chi connectivity index (χ3v) is 5.13. The van der Waals surface area contributed by atoms with Crippen LogP contribution >= 0.6 is 0 Å². The number of nitrogens with zero attached hydrogens (tertiary/aromatic N) is 1. The molecule has 2 N–H and O–H groups in total. The first kappa shape index (κ1) is 19.1. The maximum Gasteiger partial charge on any atom is 0.231 e. The van der Waals surface area contributed by atoms with Crippen LogP contribution in [0.4, 0.5) is 5.69 Å². The van der Waals surface area contributed by atoms with E-state index in [1.807, 2.05) is 31.2 Å². The largest absolute Gasteiger partial charge is 0.494 e. The number of aromatic nitrogens is 1. The average molecular weight is 393 g/mol. The Morgan fingerprint density at radius 3 is 2.45 bits per heavy atom. The standard InChI is InChI=1S/C22H23N3O4/c1-2-28-16-7-5-15(6-8-16)25-22(27)20-18-10-9-17(29-18)19(20)21(26)24-13-14-4-3-11-23-12-14/h3-12,17-20H,2,13H2,1H3,(H,24,26)(H,25,27)/t17-,18+,19+,20+/m0/s1. The zero-order valence-electron chi connectivity index (χ0n) is 16.1. The Hall–Kier alpha value is -3.19. The molecule has 2 aliphatic heterocycles. The van der Waals surface area contributed by atoms with Crippen molar-refractivity contribution < 1.29 is 19.1 Å². The molecule has 2 aromatic rings. The molecule has 0 saturated carbocycles. The molecule has 0 radical (unpaired) electrons. The Morgan fingerprint density at radius 1 is 1.07 bits per heavy atom. The summed E-state index contributed by atoms with van der Waals surface area (Å²) < 4.78 is 11.2. The van der Waals surface area contributed by atoms with E-state index < -0.39 is 17.9 Å². The lowest BCUT2D eigenvalue weighted by Crippen LogP contribution is -2.44. The van der Waals surface area contributed by atoms with E-state index in [1.54, 1.807) is 36.7 Å². The van der Waals surface area contributed by atoms with Gasteiger partial charge in [-0.3, -0.25) is 14.6 Å². The summed E-state index contributed by atoms with van der Waals surface area (Å²) in [5.41, 5.74) is 1.55. The number of amides is 2. The van der Waals surface area contributed by atoms with Gasteiger partial charge in [0.05, 0.1) is 30.7 Å². The zero-order valence-corrected chi connectivity index (χ0v) is 16.1. The van der Waals surface area contributed by atoms with Crippen LogP contribution in [-0.2, 0) is 20.9 Å². The first-order chi connectivity index (χ1) is 14.2. The average Bonchev–Trinajstić information content (AvgIpc) is 3.36. The van der Waals surface area contributed by atoms with Gasteiger partial charge in [0.25, 0.3) is 0 Å². The highest BCUT2D eigenvalue weighted by Crippen LogP contribution is 2.40. The Balaban J connectivity index is 1.42. The molecular weight excluding hydrogens is 370 g/mol. The third-order valence-electron chi connectivity index (χ3n) is 5.13. The predicted octanol–water partition coefficient (Wildman–Crippen LogP) is 2.30. The van der Waals surface area contributed by atoms with E-state index in [2.05, 4.69) is 15.6 Å². The zero-order chi connectivity index (χ0) is 20.2. The quantitative estimate of drug-likeness (QED) is 0.705. The highest BCUT2D eigenvalue weighted by Gasteiger charge is 2.52. The summed E-state index contributed by atoms with van der Waals surface area (Å²) in [5, 5.41) is 5.80. The molecule has 1 fully saturated rings. The molecule has 29 heavy (non-hydrogen) atoms. The molecule has 150 valence electrons. The number of carbonyl (C=O) groups is 2. The van der Waals surface area contributed by atoms with Gasteiger partial charge < -0.3 is 20.1 Å². The smallest absolute Gasteiger partial charge is 0.231 e. The van der Waals surface area contributed by atoms with Crippen LogP contribution in [-0.4, -0.2) is 35.6 Å². The first-order valence-corrected chi connectivity index (χ1v) is 9.70. The molecule has 1 aromatic heterocycles. The van der Waals surface area contributed by atoms with Gasteiger partial charge in [-0.1, -0.05) is 18.2 Å². The molecule has 4 rings (SSSR count). The van der Waals surface area contributed by atoms with Gasteiger partial charge in [-0.25, -0.2) is 0 Å². The van der Waals surface area contributed by atoms with Crippen LogP contribution < -0.4 is 15.4 Å². The minimum Gasteiger partial charge on any atom is -0.494 e. The Morgan fingerprint density at radius 2 is 1.79 bits per heavy atom. The summed E-state index contributed by atoms with van der Waals surface area (Å²) in [5.74, 6) is -0.829. The summed E-state index contributed by atoms with van der Waals surface area (Å²) in [4.78, 5) is 29.9. The number of carbonyl (C=O) groups excluding carboxylic acids is 2. The van der Waals surface area contributed by atoms with Crippen molar-refractivity contribution >= 4 is 17.5 Å². The number of pyridine rings is 1. The lowest BCUT2D eigenvalue weighted by atomic mass is 9.81. The van der Waals surface area contributed by atoms with Gasteiger partial charge in [-0.05, 0) is 42.8 Å². The van der Waals surface area contributed by atoms with E-state index in [4.69, 9.17) is 9.47 Å². The maximum atomic E-state index is 13.0. The van der Waals surface area contributed by atoms with Gasteiger partial charge >= 0.3 is 0 Å². The molecule has 3 heterocycles. The number of fused-ring (bicyclic) bond motifs is 2. The van der Waals surface area contributed by atoms with E-state index in [1.165, 1.54) is 0 Å².